The maximum atomic E-state index is 11.5. The molecule has 1 heterocycles. The fourth-order valence-electron chi connectivity index (χ4n) is 2.43. The molecular weight excluding hydrogens is 284 g/mol. The Morgan fingerprint density at radius 3 is 2.42 bits per heavy atom. The Balaban J connectivity index is 2.11. The van der Waals surface area contributed by atoms with Gasteiger partial charge in [-0.25, -0.2) is 13.1 Å². The van der Waals surface area contributed by atoms with Gasteiger partial charge in [0.05, 0.1) is 0 Å². The lowest BCUT2D eigenvalue weighted by atomic mass is 10.1. The SMILES string of the molecule is O=S(=O)(CCl)NCC(c1ccccc1)N1CCCC1. The lowest BCUT2D eigenvalue weighted by Crippen LogP contribution is -2.37. The number of alkyl halides is 1. The third-order valence-electron chi connectivity index (χ3n) is 3.41. The third-order valence-corrected chi connectivity index (χ3v) is 5.16. The Labute approximate surface area is 119 Å². The summed E-state index contributed by atoms with van der Waals surface area (Å²) in [4.78, 5) is 2.33. The van der Waals surface area contributed by atoms with Crippen molar-refractivity contribution in [1.29, 1.82) is 0 Å². The number of hydrogen-bond donors (Lipinski definition) is 1. The predicted molar refractivity (Wildman–Crippen MR) is 77.6 cm³/mol. The van der Waals surface area contributed by atoms with Gasteiger partial charge in [0.1, 0.15) is 5.21 Å². The average molecular weight is 303 g/mol. The molecule has 0 amide bonds. The summed E-state index contributed by atoms with van der Waals surface area (Å²) in [6.45, 7) is 2.41. The number of halogens is 1. The smallest absolute Gasteiger partial charge is 0.225 e. The van der Waals surface area contributed by atoms with Crippen LogP contribution in [-0.4, -0.2) is 38.2 Å². The summed E-state index contributed by atoms with van der Waals surface area (Å²) >= 11 is 5.42. The molecule has 0 bridgehead atoms. The normalized spacial score (nSPS) is 18.6. The molecule has 1 aromatic rings. The first kappa shape index (κ1) is 14.8. The van der Waals surface area contributed by atoms with E-state index in [1.54, 1.807) is 0 Å². The van der Waals surface area contributed by atoms with Crippen LogP contribution in [0.3, 0.4) is 0 Å². The van der Waals surface area contributed by atoms with Gasteiger partial charge < -0.3 is 0 Å². The molecule has 6 heteroatoms. The van der Waals surface area contributed by atoms with E-state index in [0.29, 0.717) is 6.54 Å². The van der Waals surface area contributed by atoms with Crippen molar-refractivity contribution in [3.63, 3.8) is 0 Å². The highest BCUT2D eigenvalue weighted by molar-refractivity contribution is 7.90. The molecule has 0 saturated carbocycles. The first-order chi connectivity index (χ1) is 9.12. The number of sulfonamides is 1. The van der Waals surface area contributed by atoms with Gasteiger partial charge in [0.25, 0.3) is 0 Å². The van der Waals surface area contributed by atoms with Crippen molar-refractivity contribution in [2.75, 3.05) is 24.8 Å². The highest BCUT2D eigenvalue weighted by atomic mass is 35.5. The minimum absolute atomic E-state index is 0.0849. The summed E-state index contributed by atoms with van der Waals surface area (Å²) in [7, 11) is -3.36. The topological polar surface area (TPSA) is 49.4 Å². The summed E-state index contributed by atoms with van der Waals surface area (Å²) in [5.74, 6) is 0. The van der Waals surface area contributed by atoms with Crippen molar-refractivity contribution in [1.82, 2.24) is 9.62 Å². The summed E-state index contributed by atoms with van der Waals surface area (Å²) in [5, 5.41) is -0.394. The standard InChI is InChI=1S/C13H19ClN2O2S/c14-11-19(17,18)15-10-13(16-8-4-5-9-16)12-6-2-1-3-7-12/h1-3,6-7,13,15H,4-5,8-11H2. The molecule has 1 aliphatic heterocycles. The molecule has 1 aliphatic rings. The van der Waals surface area contributed by atoms with Gasteiger partial charge in [-0.3, -0.25) is 4.90 Å². The Hall–Kier alpha value is -0.620. The number of nitrogens with zero attached hydrogens (tertiary/aromatic N) is 1. The Bertz CT molecular complexity index is 487. The Morgan fingerprint density at radius 2 is 1.84 bits per heavy atom. The minimum atomic E-state index is -3.36. The lowest BCUT2D eigenvalue weighted by Gasteiger charge is -2.28. The van der Waals surface area contributed by atoms with Gasteiger partial charge in [0.2, 0.25) is 10.0 Å². The number of rotatable bonds is 6. The second-order valence-electron chi connectivity index (χ2n) is 4.74. The molecule has 0 aromatic heterocycles. The van der Waals surface area contributed by atoms with Crippen molar-refractivity contribution in [2.45, 2.75) is 18.9 Å². The van der Waals surface area contributed by atoms with Crippen molar-refractivity contribution in [3.05, 3.63) is 35.9 Å². The van der Waals surface area contributed by atoms with Gasteiger partial charge in [-0.1, -0.05) is 30.3 Å². The molecule has 19 heavy (non-hydrogen) atoms. The second kappa shape index (κ2) is 6.70. The first-order valence-corrected chi connectivity index (χ1v) is 8.63. The molecule has 0 spiro atoms. The summed E-state index contributed by atoms with van der Waals surface area (Å²) in [5.41, 5.74) is 1.14. The van der Waals surface area contributed by atoms with E-state index in [2.05, 4.69) is 9.62 Å². The Kier molecular flexibility index (Phi) is 5.21. The van der Waals surface area contributed by atoms with E-state index in [1.807, 2.05) is 30.3 Å². The summed E-state index contributed by atoms with van der Waals surface area (Å²) in [6.07, 6.45) is 2.34. The quantitative estimate of drug-likeness (QED) is 0.817. The average Bonchev–Trinajstić information content (AvgIpc) is 2.94. The fraction of sp³-hybridized carbons (Fsp3) is 0.538. The van der Waals surface area contributed by atoms with Crippen LogP contribution in [0.5, 0.6) is 0 Å². The maximum Gasteiger partial charge on any atom is 0.225 e. The molecule has 106 valence electrons. The molecule has 2 rings (SSSR count). The molecule has 1 atom stereocenters. The number of hydrogen-bond acceptors (Lipinski definition) is 3. The van der Waals surface area contributed by atoms with Crippen LogP contribution in [0.15, 0.2) is 30.3 Å². The predicted octanol–water partition coefficient (Wildman–Crippen LogP) is 1.94. The summed E-state index contributed by atoms with van der Waals surface area (Å²) < 4.78 is 25.6. The molecule has 1 aromatic carbocycles. The van der Waals surface area contributed by atoms with Crippen molar-refractivity contribution in [3.8, 4) is 0 Å². The van der Waals surface area contributed by atoms with Gasteiger partial charge in [-0.15, -0.1) is 11.6 Å². The van der Waals surface area contributed by atoms with E-state index in [9.17, 15) is 8.42 Å². The fourth-order valence-corrected chi connectivity index (χ4v) is 3.15. The zero-order valence-corrected chi connectivity index (χ0v) is 12.3. The molecule has 0 radical (unpaired) electrons. The van der Waals surface area contributed by atoms with Crippen LogP contribution >= 0.6 is 11.6 Å². The third kappa shape index (κ3) is 4.18. The van der Waals surface area contributed by atoms with E-state index in [1.165, 1.54) is 12.8 Å². The van der Waals surface area contributed by atoms with E-state index in [4.69, 9.17) is 11.6 Å². The van der Waals surface area contributed by atoms with E-state index in [0.717, 1.165) is 18.7 Å². The molecule has 1 fully saturated rings. The second-order valence-corrected chi connectivity index (χ2v) is 7.13. The first-order valence-electron chi connectivity index (χ1n) is 6.45. The zero-order chi connectivity index (χ0) is 13.7. The number of nitrogens with one attached hydrogen (secondary N) is 1. The van der Waals surface area contributed by atoms with Crippen LogP contribution in [0.2, 0.25) is 0 Å². The molecule has 1 N–H and O–H groups in total. The largest absolute Gasteiger partial charge is 0.295 e. The maximum absolute atomic E-state index is 11.5. The monoisotopic (exact) mass is 302 g/mol. The van der Waals surface area contributed by atoms with Crippen molar-refractivity contribution >= 4 is 21.6 Å². The van der Waals surface area contributed by atoms with Crippen LogP contribution in [0.4, 0.5) is 0 Å². The minimum Gasteiger partial charge on any atom is -0.295 e. The van der Waals surface area contributed by atoms with Gasteiger partial charge in [-0.2, -0.15) is 0 Å². The number of benzene rings is 1. The lowest BCUT2D eigenvalue weighted by molar-refractivity contribution is 0.246. The van der Waals surface area contributed by atoms with E-state index in [-0.39, 0.29) is 6.04 Å². The van der Waals surface area contributed by atoms with Crippen LogP contribution in [0, 0.1) is 0 Å². The van der Waals surface area contributed by atoms with Gasteiger partial charge >= 0.3 is 0 Å². The van der Waals surface area contributed by atoms with Gasteiger partial charge in [0.15, 0.2) is 0 Å². The highest BCUT2D eigenvalue weighted by Gasteiger charge is 2.24. The number of likely N-dealkylation sites (tertiary alicyclic amines) is 1. The molecule has 0 aliphatic carbocycles. The van der Waals surface area contributed by atoms with Crippen molar-refractivity contribution in [2.24, 2.45) is 0 Å². The van der Waals surface area contributed by atoms with Crippen LogP contribution in [0.1, 0.15) is 24.4 Å². The van der Waals surface area contributed by atoms with Gasteiger partial charge in [0, 0.05) is 12.6 Å². The van der Waals surface area contributed by atoms with Crippen LogP contribution in [-0.2, 0) is 10.0 Å². The van der Waals surface area contributed by atoms with Crippen molar-refractivity contribution < 1.29 is 8.42 Å². The summed E-state index contributed by atoms with van der Waals surface area (Å²) in [6, 6.07) is 10.1. The molecule has 4 nitrogen and oxygen atoms in total. The molecule has 1 unspecified atom stereocenters. The molecule has 1 saturated heterocycles. The Morgan fingerprint density at radius 1 is 1.21 bits per heavy atom. The van der Waals surface area contributed by atoms with Gasteiger partial charge in [-0.05, 0) is 31.5 Å². The van der Waals surface area contributed by atoms with E-state index >= 15 is 0 Å². The highest BCUT2D eigenvalue weighted by Crippen LogP contribution is 2.24. The van der Waals surface area contributed by atoms with E-state index < -0.39 is 15.2 Å². The van der Waals surface area contributed by atoms with Crippen LogP contribution < -0.4 is 4.72 Å². The zero-order valence-electron chi connectivity index (χ0n) is 10.8. The van der Waals surface area contributed by atoms with Crippen LogP contribution in [0.25, 0.3) is 0 Å². The molecular formula is C13H19ClN2O2S.